The number of hydrogen-bond acceptors (Lipinski definition) is 4. The first-order chi connectivity index (χ1) is 15.5. The van der Waals surface area contributed by atoms with Gasteiger partial charge in [-0.25, -0.2) is 4.79 Å². The molecule has 2 N–H and O–H groups in total. The van der Waals surface area contributed by atoms with Crippen LogP contribution in [0.1, 0.15) is 28.8 Å². The summed E-state index contributed by atoms with van der Waals surface area (Å²) in [7, 11) is 0. The van der Waals surface area contributed by atoms with E-state index >= 15 is 0 Å². The normalized spacial score (nSPS) is 21.2. The monoisotopic (exact) mass is 483 g/mol. The molecular formula is C22H21ClF3N3O4. The lowest BCUT2D eigenvalue weighted by molar-refractivity contribution is -0.192. The fourth-order valence-corrected chi connectivity index (χ4v) is 3.95. The van der Waals surface area contributed by atoms with E-state index in [4.69, 9.17) is 21.5 Å². The number of halogens is 4. The SMILES string of the molecule is O=C(NCc1ccncc1)C1CC12CCN(C(=O)c1ccc(Cl)cc1)C2.O=C(O)C(F)(F)F. The third kappa shape index (κ3) is 6.22. The van der Waals surface area contributed by atoms with Gasteiger partial charge in [0.2, 0.25) is 5.91 Å². The number of carboxylic acid groups (broad SMARTS) is 1. The lowest BCUT2D eigenvalue weighted by Crippen LogP contribution is -2.31. The van der Waals surface area contributed by atoms with Crippen molar-refractivity contribution in [1.82, 2.24) is 15.2 Å². The van der Waals surface area contributed by atoms with Crippen molar-refractivity contribution in [2.24, 2.45) is 11.3 Å². The number of aromatic nitrogens is 1. The summed E-state index contributed by atoms with van der Waals surface area (Å²) in [5.41, 5.74) is 1.64. The molecule has 2 aliphatic rings. The number of rotatable bonds is 4. The minimum atomic E-state index is -5.08. The molecule has 2 unspecified atom stereocenters. The lowest BCUT2D eigenvalue weighted by atomic mass is 10.0. The zero-order valence-electron chi connectivity index (χ0n) is 17.3. The summed E-state index contributed by atoms with van der Waals surface area (Å²) < 4.78 is 31.7. The number of amides is 2. The predicted octanol–water partition coefficient (Wildman–Crippen LogP) is 3.54. The first-order valence-corrected chi connectivity index (χ1v) is 10.4. The molecule has 2 fully saturated rings. The van der Waals surface area contributed by atoms with Crippen LogP contribution >= 0.6 is 11.6 Å². The molecule has 1 spiro atoms. The Bertz CT molecular complexity index is 1020. The van der Waals surface area contributed by atoms with Crippen LogP contribution in [0.15, 0.2) is 48.8 Å². The quantitative estimate of drug-likeness (QED) is 0.693. The number of carboxylic acids is 1. The van der Waals surface area contributed by atoms with E-state index in [2.05, 4.69) is 10.3 Å². The minimum Gasteiger partial charge on any atom is -0.475 e. The van der Waals surface area contributed by atoms with Gasteiger partial charge in [-0.3, -0.25) is 14.6 Å². The molecular weight excluding hydrogens is 463 g/mol. The Kier molecular flexibility index (Phi) is 7.26. The number of aliphatic carboxylic acids is 1. The molecule has 2 atom stereocenters. The highest BCUT2D eigenvalue weighted by atomic mass is 35.5. The number of nitrogens with zero attached hydrogens (tertiary/aromatic N) is 2. The van der Waals surface area contributed by atoms with Crippen molar-refractivity contribution in [2.75, 3.05) is 13.1 Å². The molecule has 176 valence electrons. The molecule has 1 saturated carbocycles. The summed E-state index contributed by atoms with van der Waals surface area (Å²) >= 11 is 5.89. The molecule has 4 rings (SSSR count). The van der Waals surface area contributed by atoms with Crippen molar-refractivity contribution >= 4 is 29.4 Å². The predicted molar refractivity (Wildman–Crippen MR) is 112 cm³/mol. The van der Waals surface area contributed by atoms with Gasteiger partial charge in [-0.15, -0.1) is 0 Å². The molecule has 1 aromatic heterocycles. The molecule has 2 heterocycles. The van der Waals surface area contributed by atoms with Crippen LogP contribution in [0.3, 0.4) is 0 Å². The molecule has 1 aliphatic heterocycles. The summed E-state index contributed by atoms with van der Waals surface area (Å²) in [5.74, 6) is -2.65. The van der Waals surface area contributed by atoms with Gasteiger partial charge in [-0.1, -0.05) is 11.6 Å². The largest absolute Gasteiger partial charge is 0.490 e. The topological polar surface area (TPSA) is 99.6 Å². The number of pyridine rings is 1. The van der Waals surface area contributed by atoms with Gasteiger partial charge in [0.15, 0.2) is 0 Å². The second-order valence-electron chi connectivity index (χ2n) is 7.98. The Balaban J connectivity index is 0.000000383. The van der Waals surface area contributed by atoms with Gasteiger partial charge in [-0.2, -0.15) is 13.2 Å². The lowest BCUT2D eigenvalue weighted by Gasteiger charge is -2.17. The summed E-state index contributed by atoms with van der Waals surface area (Å²) in [6.45, 7) is 1.87. The van der Waals surface area contributed by atoms with Crippen LogP contribution in [-0.4, -0.2) is 52.0 Å². The van der Waals surface area contributed by atoms with Crippen molar-refractivity contribution in [3.8, 4) is 0 Å². The van der Waals surface area contributed by atoms with Crippen LogP contribution < -0.4 is 5.32 Å². The van der Waals surface area contributed by atoms with Gasteiger partial charge in [0.25, 0.3) is 5.91 Å². The second kappa shape index (κ2) is 9.78. The van der Waals surface area contributed by atoms with E-state index in [0.29, 0.717) is 30.2 Å². The smallest absolute Gasteiger partial charge is 0.475 e. The van der Waals surface area contributed by atoms with Crippen LogP contribution in [0.25, 0.3) is 0 Å². The third-order valence-corrected chi connectivity index (χ3v) is 5.98. The number of carbonyl (C=O) groups excluding carboxylic acids is 2. The fourth-order valence-electron chi connectivity index (χ4n) is 3.83. The van der Waals surface area contributed by atoms with E-state index in [1.165, 1.54) is 0 Å². The zero-order valence-corrected chi connectivity index (χ0v) is 18.1. The highest BCUT2D eigenvalue weighted by Crippen LogP contribution is 2.58. The number of nitrogens with one attached hydrogen (secondary N) is 1. The highest BCUT2D eigenvalue weighted by Gasteiger charge is 2.61. The molecule has 2 amide bonds. The van der Waals surface area contributed by atoms with Gasteiger partial charge in [0, 0.05) is 53.9 Å². The van der Waals surface area contributed by atoms with E-state index in [-0.39, 0.29) is 23.1 Å². The number of benzene rings is 1. The van der Waals surface area contributed by atoms with Gasteiger partial charge in [-0.05, 0) is 54.8 Å². The van der Waals surface area contributed by atoms with Gasteiger partial charge in [0.05, 0.1) is 0 Å². The third-order valence-electron chi connectivity index (χ3n) is 5.73. The van der Waals surface area contributed by atoms with Crippen LogP contribution in [0, 0.1) is 11.3 Å². The average Bonchev–Trinajstić information content (AvgIpc) is 3.32. The zero-order chi connectivity index (χ0) is 24.2. The van der Waals surface area contributed by atoms with Crippen molar-refractivity contribution in [3.63, 3.8) is 0 Å². The summed E-state index contributed by atoms with van der Waals surface area (Å²) in [4.78, 5) is 39.8. The van der Waals surface area contributed by atoms with Crippen LogP contribution in [0.2, 0.25) is 5.02 Å². The second-order valence-corrected chi connectivity index (χ2v) is 8.42. The first-order valence-electron chi connectivity index (χ1n) is 10.0. The van der Waals surface area contributed by atoms with Crippen molar-refractivity contribution in [3.05, 3.63) is 64.9 Å². The van der Waals surface area contributed by atoms with Gasteiger partial charge >= 0.3 is 12.1 Å². The highest BCUT2D eigenvalue weighted by molar-refractivity contribution is 6.30. The molecule has 1 saturated heterocycles. The van der Waals surface area contributed by atoms with Gasteiger partial charge in [0.1, 0.15) is 0 Å². The first kappa shape index (κ1) is 24.5. The van der Waals surface area contributed by atoms with Crippen LogP contribution in [-0.2, 0) is 16.1 Å². The number of carbonyl (C=O) groups is 3. The number of alkyl halides is 3. The summed E-state index contributed by atoms with van der Waals surface area (Å²) in [5, 5.41) is 10.8. The Morgan fingerprint density at radius 1 is 1.15 bits per heavy atom. The fraction of sp³-hybridized carbons (Fsp3) is 0.364. The molecule has 33 heavy (non-hydrogen) atoms. The number of likely N-dealkylation sites (tertiary alicyclic amines) is 1. The van der Waals surface area contributed by atoms with E-state index in [1.807, 2.05) is 17.0 Å². The van der Waals surface area contributed by atoms with E-state index < -0.39 is 12.1 Å². The summed E-state index contributed by atoms with van der Waals surface area (Å²) in [6, 6.07) is 10.7. The maximum absolute atomic E-state index is 12.6. The molecule has 11 heteroatoms. The molecule has 0 radical (unpaired) electrons. The average molecular weight is 484 g/mol. The van der Waals surface area contributed by atoms with Crippen molar-refractivity contribution < 1.29 is 32.7 Å². The van der Waals surface area contributed by atoms with E-state index in [9.17, 15) is 22.8 Å². The molecule has 1 aromatic carbocycles. The minimum absolute atomic E-state index is 0.00681. The van der Waals surface area contributed by atoms with Gasteiger partial charge < -0.3 is 15.3 Å². The molecule has 2 aromatic rings. The number of hydrogen-bond donors (Lipinski definition) is 2. The maximum Gasteiger partial charge on any atom is 0.490 e. The van der Waals surface area contributed by atoms with E-state index in [1.54, 1.807) is 36.7 Å². The Hall–Kier alpha value is -3.14. The Labute approximate surface area is 192 Å². The maximum atomic E-state index is 12.6. The van der Waals surface area contributed by atoms with Crippen molar-refractivity contribution in [1.29, 1.82) is 0 Å². The van der Waals surface area contributed by atoms with Crippen LogP contribution in [0.4, 0.5) is 13.2 Å². The Morgan fingerprint density at radius 2 is 1.76 bits per heavy atom. The van der Waals surface area contributed by atoms with Crippen molar-refractivity contribution in [2.45, 2.75) is 25.6 Å². The standard InChI is InChI=1S/C20H20ClN3O2.C2HF3O2/c21-16-3-1-15(2-4-16)19(26)24-10-7-20(13-24)11-17(20)18(25)23-12-14-5-8-22-9-6-14;3-2(4,5)1(6)7/h1-6,8-9,17H,7,10-13H2,(H,23,25);(H,6,7). The van der Waals surface area contributed by atoms with Crippen LogP contribution in [0.5, 0.6) is 0 Å². The molecule has 1 aliphatic carbocycles. The summed E-state index contributed by atoms with van der Waals surface area (Å²) in [6.07, 6.45) is 0.105. The van der Waals surface area contributed by atoms with E-state index in [0.717, 1.165) is 18.4 Å². The molecule has 0 bridgehead atoms. The molecule has 7 nitrogen and oxygen atoms in total. The Morgan fingerprint density at radius 3 is 2.33 bits per heavy atom.